The zero-order chi connectivity index (χ0) is 23.6. The van der Waals surface area contributed by atoms with E-state index in [-0.39, 0.29) is 23.2 Å². The Balaban J connectivity index is 0.00000141. The van der Waals surface area contributed by atoms with E-state index in [4.69, 9.17) is 5.73 Å². The van der Waals surface area contributed by atoms with Gasteiger partial charge in [0.25, 0.3) is 5.91 Å². The molecule has 0 saturated heterocycles. The van der Waals surface area contributed by atoms with Gasteiger partial charge in [-0.1, -0.05) is 13.8 Å². The molecular formula is C22H29FN6O3. The molecule has 2 unspecified atom stereocenters. The number of carbonyl (C=O) groups is 1. The summed E-state index contributed by atoms with van der Waals surface area (Å²) >= 11 is 0. The number of imidazole rings is 1. The van der Waals surface area contributed by atoms with Gasteiger partial charge >= 0.3 is 5.69 Å². The van der Waals surface area contributed by atoms with Crippen LogP contribution < -0.4 is 16.7 Å². The van der Waals surface area contributed by atoms with Crippen LogP contribution in [0.15, 0.2) is 23.1 Å². The third-order valence-electron chi connectivity index (χ3n) is 5.64. The summed E-state index contributed by atoms with van der Waals surface area (Å²) in [4.78, 5) is 32.9. The van der Waals surface area contributed by atoms with E-state index < -0.39 is 17.8 Å². The Morgan fingerprint density at radius 2 is 2.03 bits per heavy atom. The maximum atomic E-state index is 14.2. The SMILES string of the molecule is CC.Cc1cc(C(N)=O)c(F)cc1Nc1ncc2c(n1)n(C1CCCC(O)C1)c(=O)n2C. The Kier molecular flexibility index (Phi) is 6.93. The number of aryl methyl sites for hydroxylation is 2. The molecule has 0 radical (unpaired) electrons. The van der Waals surface area contributed by atoms with Crippen LogP contribution in [0.25, 0.3) is 11.2 Å². The number of benzene rings is 1. The average Bonchev–Trinajstić information content (AvgIpc) is 3.01. The molecule has 32 heavy (non-hydrogen) atoms. The Morgan fingerprint density at radius 3 is 2.69 bits per heavy atom. The summed E-state index contributed by atoms with van der Waals surface area (Å²) in [6.45, 7) is 5.70. The van der Waals surface area contributed by atoms with E-state index in [0.29, 0.717) is 28.8 Å². The summed E-state index contributed by atoms with van der Waals surface area (Å²) in [5.41, 5.74) is 6.77. The average molecular weight is 445 g/mol. The van der Waals surface area contributed by atoms with Gasteiger partial charge in [0.2, 0.25) is 5.95 Å². The number of aliphatic hydroxyl groups is 1. The van der Waals surface area contributed by atoms with E-state index in [0.717, 1.165) is 19.3 Å². The van der Waals surface area contributed by atoms with Crippen molar-refractivity contribution in [1.82, 2.24) is 19.1 Å². The molecule has 172 valence electrons. The van der Waals surface area contributed by atoms with Gasteiger partial charge < -0.3 is 16.2 Å². The number of aromatic nitrogens is 4. The van der Waals surface area contributed by atoms with Gasteiger partial charge in [-0.15, -0.1) is 0 Å². The largest absolute Gasteiger partial charge is 0.393 e. The number of nitrogens with one attached hydrogen (secondary N) is 1. The molecule has 0 aliphatic heterocycles. The highest BCUT2D eigenvalue weighted by Gasteiger charge is 2.26. The molecule has 4 rings (SSSR count). The van der Waals surface area contributed by atoms with Crippen molar-refractivity contribution in [2.45, 2.75) is 58.6 Å². The number of carbonyl (C=O) groups excluding carboxylic acids is 1. The number of nitrogens with two attached hydrogens (primary N) is 1. The van der Waals surface area contributed by atoms with Gasteiger partial charge in [0.15, 0.2) is 5.65 Å². The van der Waals surface area contributed by atoms with Crippen molar-refractivity contribution >= 4 is 28.7 Å². The monoisotopic (exact) mass is 444 g/mol. The molecule has 1 aliphatic carbocycles. The molecule has 2 aromatic heterocycles. The predicted octanol–water partition coefficient (Wildman–Crippen LogP) is 2.92. The molecule has 1 amide bonds. The number of amides is 1. The molecule has 1 fully saturated rings. The van der Waals surface area contributed by atoms with Crippen molar-refractivity contribution in [3.8, 4) is 0 Å². The molecule has 0 bridgehead atoms. The van der Waals surface area contributed by atoms with Gasteiger partial charge in [0.1, 0.15) is 11.3 Å². The Labute approximate surface area is 185 Å². The van der Waals surface area contributed by atoms with E-state index in [2.05, 4.69) is 15.3 Å². The Hall–Kier alpha value is -3.27. The fourth-order valence-electron chi connectivity index (χ4n) is 4.02. The minimum Gasteiger partial charge on any atom is -0.393 e. The second kappa shape index (κ2) is 9.47. The lowest BCUT2D eigenvalue weighted by atomic mass is 9.93. The van der Waals surface area contributed by atoms with Gasteiger partial charge in [-0.3, -0.25) is 13.9 Å². The summed E-state index contributed by atoms with van der Waals surface area (Å²) in [7, 11) is 1.65. The molecule has 2 heterocycles. The fourth-order valence-corrected chi connectivity index (χ4v) is 4.02. The molecule has 2 atom stereocenters. The third-order valence-corrected chi connectivity index (χ3v) is 5.64. The highest BCUT2D eigenvalue weighted by molar-refractivity contribution is 5.94. The number of fused-ring (bicyclic) bond motifs is 1. The maximum absolute atomic E-state index is 14.2. The van der Waals surface area contributed by atoms with E-state index in [9.17, 15) is 19.1 Å². The van der Waals surface area contributed by atoms with Crippen LogP contribution in [-0.2, 0) is 7.05 Å². The van der Waals surface area contributed by atoms with E-state index in [1.165, 1.54) is 22.9 Å². The van der Waals surface area contributed by atoms with Gasteiger partial charge in [0, 0.05) is 18.8 Å². The Morgan fingerprint density at radius 1 is 1.31 bits per heavy atom. The first-order valence-electron chi connectivity index (χ1n) is 10.7. The number of anilines is 2. The van der Waals surface area contributed by atoms with Gasteiger partial charge in [-0.05, 0) is 50.3 Å². The Bertz CT molecular complexity index is 1200. The minimum absolute atomic E-state index is 0.151. The van der Waals surface area contributed by atoms with Crippen molar-refractivity contribution in [3.05, 3.63) is 45.8 Å². The van der Waals surface area contributed by atoms with Gasteiger partial charge in [0.05, 0.1) is 17.9 Å². The second-order valence-electron chi connectivity index (χ2n) is 7.72. The zero-order valence-electron chi connectivity index (χ0n) is 18.7. The summed E-state index contributed by atoms with van der Waals surface area (Å²) in [6, 6.07) is 2.38. The molecule has 1 saturated carbocycles. The summed E-state index contributed by atoms with van der Waals surface area (Å²) < 4.78 is 17.3. The highest BCUT2D eigenvalue weighted by atomic mass is 19.1. The predicted molar refractivity (Wildman–Crippen MR) is 121 cm³/mol. The lowest BCUT2D eigenvalue weighted by Crippen LogP contribution is -2.31. The van der Waals surface area contributed by atoms with Gasteiger partial charge in [-0.25, -0.2) is 14.2 Å². The summed E-state index contributed by atoms with van der Waals surface area (Å²) in [5, 5.41) is 13.0. The minimum atomic E-state index is -0.845. The van der Waals surface area contributed by atoms with Gasteiger partial charge in [-0.2, -0.15) is 4.98 Å². The van der Waals surface area contributed by atoms with Crippen molar-refractivity contribution in [2.75, 3.05) is 5.32 Å². The number of nitrogens with zero attached hydrogens (tertiary/aromatic N) is 4. The molecule has 9 nitrogen and oxygen atoms in total. The highest BCUT2D eigenvalue weighted by Crippen LogP contribution is 2.30. The smallest absolute Gasteiger partial charge is 0.330 e. The fraction of sp³-hybridized carbons (Fsp3) is 0.455. The zero-order valence-corrected chi connectivity index (χ0v) is 18.7. The molecule has 1 aliphatic rings. The van der Waals surface area contributed by atoms with Crippen molar-refractivity contribution < 1.29 is 14.3 Å². The number of hydrogen-bond donors (Lipinski definition) is 3. The van der Waals surface area contributed by atoms with Crippen LogP contribution in [-0.4, -0.2) is 36.2 Å². The van der Waals surface area contributed by atoms with Crippen LogP contribution in [0.5, 0.6) is 0 Å². The first kappa shape index (κ1) is 23.4. The molecule has 4 N–H and O–H groups in total. The molecule has 1 aromatic carbocycles. The number of hydrogen-bond acceptors (Lipinski definition) is 6. The van der Waals surface area contributed by atoms with Crippen molar-refractivity contribution in [3.63, 3.8) is 0 Å². The van der Waals surface area contributed by atoms with Crippen LogP contribution >= 0.6 is 0 Å². The second-order valence-corrected chi connectivity index (χ2v) is 7.72. The third kappa shape index (κ3) is 4.36. The normalized spacial score (nSPS) is 18.2. The molecule has 10 heteroatoms. The van der Waals surface area contributed by atoms with E-state index in [1.807, 2.05) is 13.8 Å². The number of primary amides is 1. The van der Waals surface area contributed by atoms with Crippen LogP contribution in [0.1, 0.15) is 61.5 Å². The van der Waals surface area contributed by atoms with E-state index in [1.54, 1.807) is 18.5 Å². The number of halogens is 1. The van der Waals surface area contributed by atoms with Crippen LogP contribution in [0.4, 0.5) is 16.0 Å². The number of rotatable bonds is 4. The van der Waals surface area contributed by atoms with Crippen LogP contribution in [0, 0.1) is 12.7 Å². The number of aliphatic hydroxyl groups excluding tert-OH is 1. The summed E-state index contributed by atoms with van der Waals surface area (Å²) in [6.07, 6.45) is 3.91. The van der Waals surface area contributed by atoms with E-state index >= 15 is 0 Å². The molecule has 0 spiro atoms. The van der Waals surface area contributed by atoms with Crippen molar-refractivity contribution in [1.29, 1.82) is 0 Å². The quantitative estimate of drug-likeness (QED) is 0.568. The molecule has 3 aromatic rings. The maximum Gasteiger partial charge on any atom is 0.330 e. The lowest BCUT2D eigenvalue weighted by molar-refractivity contribution is 0.0995. The standard InChI is InChI=1S/C20H23FN6O3.C2H6/c1-10-6-13(17(22)29)14(21)8-15(10)24-19-23-9-16-18(25-19)27(20(30)26(16)2)11-4-3-5-12(28)7-11;1-2/h6,8-9,11-12,28H,3-5,7H2,1-2H3,(H2,22,29)(H,23,24,25);1-2H3. The molecular weight excluding hydrogens is 415 g/mol. The van der Waals surface area contributed by atoms with Crippen molar-refractivity contribution in [2.24, 2.45) is 12.8 Å². The summed E-state index contributed by atoms with van der Waals surface area (Å²) in [5.74, 6) is -1.40. The van der Waals surface area contributed by atoms with Crippen LogP contribution in [0.3, 0.4) is 0 Å². The lowest BCUT2D eigenvalue weighted by Gasteiger charge is -2.26. The first-order valence-corrected chi connectivity index (χ1v) is 10.7. The first-order chi connectivity index (χ1) is 15.3. The topological polar surface area (TPSA) is 128 Å². The van der Waals surface area contributed by atoms with Crippen LogP contribution in [0.2, 0.25) is 0 Å².